The van der Waals surface area contributed by atoms with E-state index >= 15 is 0 Å². The smallest absolute Gasteiger partial charge is 0.211 e. The Balaban J connectivity index is 1.91. The maximum absolute atomic E-state index is 12.2. The van der Waals surface area contributed by atoms with Crippen molar-refractivity contribution in [2.75, 3.05) is 45.3 Å². The van der Waals surface area contributed by atoms with E-state index in [-0.39, 0.29) is 5.69 Å². The van der Waals surface area contributed by atoms with E-state index in [1.54, 1.807) is 43.7 Å². The third-order valence-corrected chi connectivity index (χ3v) is 3.89. The molecule has 0 saturated carbocycles. The molecule has 0 aromatic carbocycles. The van der Waals surface area contributed by atoms with E-state index in [0.717, 1.165) is 24.6 Å². The molecule has 1 fully saturated rings. The lowest BCUT2D eigenvalue weighted by atomic mass is 10.2. The van der Waals surface area contributed by atoms with Crippen LogP contribution in [-0.2, 0) is 4.74 Å². The number of hydrogen-bond donors (Lipinski definition) is 0. The van der Waals surface area contributed by atoms with Gasteiger partial charge >= 0.3 is 0 Å². The van der Waals surface area contributed by atoms with E-state index in [0.29, 0.717) is 13.2 Å². The normalized spacial score (nSPS) is 14.6. The van der Waals surface area contributed by atoms with Crippen molar-refractivity contribution >= 4 is 11.6 Å². The second-order valence-electron chi connectivity index (χ2n) is 6.09. The van der Waals surface area contributed by atoms with Crippen molar-refractivity contribution in [1.29, 1.82) is 0 Å². The van der Waals surface area contributed by atoms with E-state index in [1.807, 2.05) is 6.07 Å². The first kappa shape index (κ1) is 17.8. The van der Waals surface area contributed by atoms with Crippen LogP contribution in [0.3, 0.4) is 0 Å². The van der Waals surface area contributed by atoms with Gasteiger partial charge in [0.1, 0.15) is 5.82 Å². The van der Waals surface area contributed by atoms with Gasteiger partial charge in [0.15, 0.2) is 5.69 Å². The number of hydrogen-bond acceptors (Lipinski definition) is 7. The summed E-state index contributed by atoms with van der Waals surface area (Å²) >= 11 is 0. The standard InChI is InChI=1S/C18H21N5O3/c1-21(2)7-4-15(24)18-16(25)5-8-23(20-18)14-3-6-19-17(13-14)22-9-11-26-12-10-22/h3-8,13H,9-12H2,1-2H3. The summed E-state index contributed by atoms with van der Waals surface area (Å²) in [5, 5.41) is 4.22. The Bertz CT molecular complexity index is 869. The molecule has 2 aromatic rings. The number of anilines is 1. The average molecular weight is 355 g/mol. The van der Waals surface area contributed by atoms with Crippen LogP contribution in [0.2, 0.25) is 0 Å². The summed E-state index contributed by atoms with van der Waals surface area (Å²) in [5.74, 6) is 0.382. The van der Waals surface area contributed by atoms with E-state index in [4.69, 9.17) is 4.74 Å². The predicted molar refractivity (Wildman–Crippen MR) is 97.8 cm³/mol. The highest BCUT2D eigenvalue weighted by molar-refractivity contribution is 6.02. The van der Waals surface area contributed by atoms with Gasteiger partial charge in [0.05, 0.1) is 18.9 Å². The molecule has 8 nitrogen and oxygen atoms in total. The number of pyridine rings is 1. The van der Waals surface area contributed by atoms with Gasteiger partial charge in [0.25, 0.3) is 0 Å². The molecule has 0 N–H and O–H groups in total. The molecule has 136 valence electrons. The van der Waals surface area contributed by atoms with Crippen LogP contribution in [-0.4, -0.2) is 65.8 Å². The van der Waals surface area contributed by atoms with Crippen molar-refractivity contribution in [1.82, 2.24) is 19.7 Å². The first-order valence-corrected chi connectivity index (χ1v) is 8.32. The summed E-state index contributed by atoms with van der Waals surface area (Å²) in [4.78, 5) is 32.5. The first-order chi connectivity index (χ1) is 12.5. The van der Waals surface area contributed by atoms with Crippen molar-refractivity contribution in [3.8, 4) is 5.69 Å². The fourth-order valence-corrected chi connectivity index (χ4v) is 2.53. The monoisotopic (exact) mass is 355 g/mol. The molecule has 0 aliphatic carbocycles. The van der Waals surface area contributed by atoms with Gasteiger partial charge in [-0.1, -0.05) is 0 Å². The van der Waals surface area contributed by atoms with Crippen LogP contribution in [0.4, 0.5) is 5.82 Å². The lowest BCUT2D eigenvalue weighted by molar-refractivity contribution is 0.103. The lowest BCUT2D eigenvalue weighted by Crippen LogP contribution is -2.36. The van der Waals surface area contributed by atoms with Gasteiger partial charge in [-0.15, -0.1) is 0 Å². The Kier molecular flexibility index (Phi) is 5.43. The van der Waals surface area contributed by atoms with Gasteiger partial charge in [0, 0.05) is 64.0 Å². The Morgan fingerprint density at radius 3 is 2.77 bits per heavy atom. The van der Waals surface area contributed by atoms with E-state index in [2.05, 4.69) is 15.0 Å². The minimum absolute atomic E-state index is 0.115. The molecule has 0 unspecified atom stereocenters. The number of aromatic nitrogens is 3. The van der Waals surface area contributed by atoms with Crippen LogP contribution in [0.15, 0.2) is 47.7 Å². The average Bonchev–Trinajstić information content (AvgIpc) is 2.67. The molecule has 1 saturated heterocycles. The topological polar surface area (TPSA) is 80.6 Å². The summed E-state index contributed by atoms with van der Waals surface area (Å²) in [7, 11) is 3.59. The number of ketones is 1. The summed E-state index contributed by atoms with van der Waals surface area (Å²) in [5.41, 5.74) is 0.208. The van der Waals surface area contributed by atoms with Gasteiger partial charge < -0.3 is 14.5 Å². The number of nitrogens with zero attached hydrogens (tertiary/aromatic N) is 5. The largest absolute Gasteiger partial charge is 0.383 e. The second kappa shape index (κ2) is 7.92. The molecule has 3 heterocycles. The highest BCUT2D eigenvalue weighted by Crippen LogP contribution is 2.16. The van der Waals surface area contributed by atoms with Gasteiger partial charge in [-0.2, -0.15) is 5.10 Å². The zero-order valence-corrected chi connectivity index (χ0v) is 14.8. The van der Waals surface area contributed by atoms with Crippen molar-refractivity contribution in [3.63, 3.8) is 0 Å². The molecular weight excluding hydrogens is 334 g/mol. The van der Waals surface area contributed by atoms with Gasteiger partial charge in [-0.3, -0.25) is 9.59 Å². The Hall–Kier alpha value is -3.00. The van der Waals surface area contributed by atoms with Gasteiger partial charge in [0.2, 0.25) is 11.2 Å². The molecule has 0 bridgehead atoms. The highest BCUT2D eigenvalue weighted by Gasteiger charge is 2.14. The summed E-state index contributed by atoms with van der Waals surface area (Å²) < 4.78 is 6.88. The fourth-order valence-electron chi connectivity index (χ4n) is 2.53. The number of rotatable bonds is 5. The maximum atomic E-state index is 12.2. The van der Waals surface area contributed by atoms with E-state index in [9.17, 15) is 9.59 Å². The number of morpholine rings is 1. The van der Waals surface area contributed by atoms with Crippen LogP contribution >= 0.6 is 0 Å². The van der Waals surface area contributed by atoms with Crippen molar-refractivity contribution in [3.05, 3.63) is 58.8 Å². The van der Waals surface area contributed by atoms with Crippen LogP contribution in [0, 0.1) is 0 Å². The minimum atomic E-state index is -0.430. The fraction of sp³-hybridized carbons (Fsp3) is 0.333. The number of ether oxygens (including phenoxy) is 1. The summed E-state index contributed by atoms with van der Waals surface area (Å²) in [6, 6.07) is 5.01. The molecule has 0 radical (unpaired) electrons. The highest BCUT2D eigenvalue weighted by atomic mass is 16.5. The number of carbonyl (C=O) groups excluding carboxylic acids is 1. The van der Waals surface area contributed by atoms with E-state index < -0.39 is 11.2 Å². The van der Waals surface area contributed by atoms with Crippen LogP contribution in [0.1, 0.15) is 10.5 Å². The Morgan fingerprint density at radius 2 is 2.04 bits per heavy atom. The molecule has 3 rings (SSSR count). The van der Waals surface area contributed by atoms with E-state index in [1.165, 1.54) is 16.8 Å². The Morgan fingerprint density at radius 1 is 1.27 bits per heavy atom. The van der Waals surface area contributed by atoms with Gasteiger partial charge in [-0.25, -0.2) is 9.67 Å². The second-order valence-corrected chi connectivity index (χ2v) is 6.09. The molecule has 1 aliphatic rings. The van der Waals surface area contributed by atoms with Crippen molar-refractivity contribution in [2.24, 2.45) is 0 Å². The molecule has 8 heteroatoms. The molecule has 0 spiro atoms. The lowest BCUT2D eigenvalue weighted by Gasteiger charge is -2.28. The zero-order valence-electron chi connectivity index (χ0n) is 14.8. The SMILES string of the molecule is CN(C)C=CC(=O)c1nn(-c2ccnc(N3CCOCC3)c2)ccc1=O. The maximum Gasteiger partial charge on any atom is 0.211 e. The molecule has 0 amide bonds. The zero-order chi connectivity index (χ0) is 18.5. The minimum Gasteiger partial charge on any atom is -0.383 e. The number of carbonyl (C=O) groups is 1. The Labute approximate surface area is 151 Å². The third kappa shape index (κ3) is 4.15. The van der Waals surface area contributed by atoms with Crippen LogP contribution < -0.4 is 10.3 Å². The molecule has 0 atom stereocenters. The summed E-state index contributed by atoms with van der Waals surface area (Å²) in [6.45, 7) is 2.87. The van der Waals surface area contributed by atoms with Crippen molar-refractivity contribution in [2.45, 2.75) is 0 Å². The summed E-state index contributed by atoms with van der Waals surface area (Å²) in [6.07, 6.45) is 6.16. The number of allylic oxidation sites excluding steroid dienone is 1. The molecule has 26 heavy (non-hydrogen) atoms. The van der Waals surface area contributed by atoms with Gasteiger partial charge in [-0.05, 0) is 6.07 Å². The molecular formula is C18H21N5O3. The van der Waals surface area contributed by atoms with Crippen molar-refractivity contribution < 1.29 is 9.53 Å². The molecule has 2 aromatic heterocycles. The molecule has 1 aliphatic heterocycles. The first-order valence-electron chi connectivity index (χ1n) is 8.32. The van der Waals surface area contributed by atoms with Crippen LogP contribution in [0.5, 0.6) is 0 Å². The quantitative estimate of drug-likeness (QED) is 0.577. The van der Waals surface area contributed by atoms with Crippen LogP contribution in [0.25, 0.3) is 5.69 Å². The third-order valence-electron chi connectivity index (χ3n) is 3.89. The predicted octanol–water partition coefficient (Wildman–Crippen LogP) is 0.722.